The van der Waals surface area contributed by atoms with Crippen molar-refractivity contribution in [2.24, 2.45) is 0 Å². The minimum absolute atomic E-state index is 0.217. The van der Waals surface area contributed by atoms with Crippen molar-refractivity contribution in [3.05, 3.63) is 52.2 Å². The second-order valence-corrected chi connectivity index (χ2v) is 7.43. The van der Waals surface area contributed by atoms with Gasteiger partial charge in [0.25, 0.3) is 0 Å². The van der Waals surface area contributed by atoms with Gasteiger partial charge in [0.15, 0.2) is 0 Å². The van der Waals surface area contributed by atoms with Crippen molar-refractivity contribution in [1.29, 1.82) is 0 Å². The van der Waals surface area contributed by atoms with Crippen molar-refractivity contribution < 1.29 is 8.42 Å². The molecule has 1 aromatic heterocycles. The molecule has 0 amide bonds. The van der Waals surface area contributed by atoms with E-state index in [0.717, 1.165) is 5.56 Å². The highest BCUT2D eigenvalue weighted by Gasteiger charge is 2.26. The van der Waals surface area contributed by atoms with Gasteiger partial charge in [0.2, 0.25) is 10.0 Å². The molecule has 1 aromatic carbocycles. The average Bonchev–Trinajstić information content (AvgIpc) is 2.95. The second-order valence-electron chi connectivity index (χ2n) is 4.26. The van der Waals surface area contributed by atoms with Crippen LogP contribution >= 0.6 is 22.9 Å². The lowest BCUT2D eigenvalue weighted by Crippen LogP contribution is -2.30. The molecule has 20 heavy (non-hydrogen) atoms. The Kier molecular flexibility index (Phi) is 5.21. The van der Waals surface area contributed by atoms with Crippen molar-refractivity contribution in [3.63, 3.8) is 0 Å². The van der Waals surface area contributed by atoms with Crippen LogP contribution in [0.2, 0.25) is 0 Å². The maximum atomic E-state index is 12.7. The number of rotatable bonds is 6. The lowest BCUT2D eigenvalue weighted by Gasteiger charge is -2.20. The van der Waals surface area contributed by atoms with E-state index in [1.807, 2.05) is 37.3 Å². The molecular formula is C14H16ClNO2S2. The number of hydrogen-bond donors (Lipinski definition) is 0. The molecule has 0 bridgehead atoms. The number of halogens is 1. The molecule has 0 saturated heterocycles. The predicted molar refractivity (Wildman–Crippen MR) is 83.6 cm³/mol. The second kappa shape index (κ2) is 6.72. The zero-order chi connectivity index (χ0) is 14.6. The molecule has 0 N–H and O–H groups in total. The normalized spacial score (nSPS) is 11.9. The van der Waals surface area contributed by atoms with Crippen molar-refractivity contribution in [2.45, 2.75) is 24.2 Å². The molecule has 0 fully saturated rings. The molecule has 108 valence electrons. The monoisotopic (exact) mass is 329 g/mol. The number of hydrogen-bond acceptors (Lipinski definition) is 3. The van der Waals surface area contributed by atoms with Gasteiger partial charge in [-0.2, -0.15) is 4.31 Å². The van der Waals surface area contributed by atoms with Crippen LogP contribution in [0.15, 0.2) is 46.7 Å². The fraction of sp³-hybridized carbons (Fsp3) is 0.286. The van der Waals surface area contributed by atoms with E-state index >= 15 is 0 Å². The third-order valence-electron chi connectivity index (χ3n) is 3.00. The highest BCUT2D eigenvalue weighted by Crippen LogP contribution is 2.27. The van der Waals surface area contributed by atoms with Crippen LogP contribution in [-0.2, 0) is 22.4 Å². The maximum Gasteiger partial charge on any atom is 0.244 e. The predicted octanol–water partition coefficient (Wildman–Crippen LogP) is 3.70. The van der Waals surface area contributed by atoms with E-state index in [-0.39, 0.29) is 5.88 Å². The van der Waals surface area contributed by atoms with E-state index < -0.39 is 10.0 Å². The summed E-state index contributed by atoms with van der Waals surface area (Å²) in [4.78, 5) is 1.02. The SMILES string of the molecule is CCN(Cc1ccccc1)S(=O)(=O)c1ccsc1CCl. The first-order valence-electron chi connectivity index (χ1n) is 6.26. The number of alkyl halides is 1. The number of thiophene rings is 1. The Bertz CT molecular complexity index is 653. The van der Waals surface area contributed by atoms with E-state index in [1.54, 1.807) is 11.4 Å². The minimum Gasteiger partial charge on any atom is -0.207 e. The van der Waals surface area contributed by atoms with Crippen LogP contribution < -0.4 is 0 Å². The fourth-order valence-corrected chi connectivity index (χ4v) is 5.06. The van der Waals surface area contributed by atoms with Crippen LogP contribution in [0.4, 0.5) is 0 Å². The van der Waals surface area contributed by atoms with Gasteiger partial charge in [-0.25, -0.2) is 8.42 Å². The summed E-state index contributed by atoms with van der Waals surface area (Å²) in [6.07, 6.45) is 0. The Morgan fingerprint density at radius 1 is 1.20 bits per heavy atom. The zero-order valence-electron chi connectivity index (χ0n) is 11.1. The van der Waals surface area contributed by atoms with Crippen LogP contribution in [0.3, 0.4) is 0 Å². The third-order valence-corrected chi connectivity index (χ3v) is 6.48. The average molecular weight is 330 g/mol. The molecule has 0 atom stereocenters. The summed E-state index contributed by atoms with van der Waals surface area (Å²) in [5.41, 5.74) is 0.973. The summed E-state index contributed by atoms with van der Waals surface area (Å²) in [6.45, 7) is 2.64. The van der Waals surface area contributed by atoms with E-state index in [9.17, 15) is 8.42 Å². The first-order valence-corrected chi connectivity index (χ1v) is 9.11. The smallest absolute Gasteiger partial charge is 0.207 e. The maximum absolute atomic E-state index is 12.7. The molecule has 2 rings (SSSR count). The number of sulfonamides is 1. The van der Waals surface area contributed by atoms with Crippen LogP contribution in [0.5, 0.6) is 0 Å². The lowest BCUT2D eigenvalue weighted by atomic mass is 10.2. The molecule has 0 unspecified atom stereocenters. The van der Waals surface area contributed by atoms with Gasteiger partial charge in [-0.1, -0.05) is 37.3 Å². The van der Waals surface area contributed by atoms with E-state index in [1.165, 1.54) is 15.6 Å². The summed E-state index contributed by atoms with van der Waals surface area (Å²) in [5.74, 6) is 0.217. The summed E-state index contributed by atoms with van der Waals surface area (Å²) in [6, 6.07) is 11.2. The minimum atomic E-state index is -3.49. The standard InChI is InChI=1S/C14H16ClNO2S2/c1-2-16(11-12-6-4-3-5-7-12)20(17,18)14-8-9-19-13(14)10-15/h3-9H,2,10-11H2,1H3. The Morgan fingerprint density at radius 3 is 2.50 bits per heavy atom. The molecule has 0 spiro atoms. The van der Waals surface area contributed by atoms with Gasteiger partial charge >= 0.3 is 0 Å². The Balaban J connectivity index is 2.31. The summed E-state index contributed by atoms with van der Waals surface area (Å²) >= 11 is 7.19. The van der Waals surface area contributed by atoms with Crippen molar-refractivity contribution in [2.75, 3.05) is 6.54 Å². The molecule has 3 nitrogen and oxygen atoms in total. The first-order chi connectivity index (χ1) is 9.59. The largest absolute Gasteiger partial charge is 0.244 e. The van der Waals surface area contributed by atoms with Gasteiger partial charge in [-0.15, -0.1) is 22.9 Å². The van der Waals surface area contributed by atoms with Gasteiger partial charge in [-0.05, 0) is 17.0 Å². The van der Waals surface area contributed by atoms with Crippen LogP contribution in [0.25, 0.3) is 0 Å². The number of nitrogens with zero attached hydrogens (tertiary/aromatic N) is 1. The van der Waals surface area contributed by atoms with Gasteiger partial charge < -0.3 is 0 Å². The molecule has 1 heterocycles. The van der Waals surface area contributed by atoms with Crippen LogP contribution in [-0.4, -0.2) is 19.3 Å². The molecule has 0 saturated carbocycles. The number of benzene rings is 1. The van der Waals surface area contributed by atoms with Crippen LogP contribution in [0.1, 0.15) is 17.4 Å². The quantitative estimate of drug-likeness (QED) is 0.758. The molecule has 0 aliphatic heterocycles. The highest BCUT2D eigenvalue weighted by molar-refractivity contribution is 7.89. The Labute approximate surface area is 128 Å². The van der Waals surface area contributed by atoms with Gasteiger partial charge in [0.1, 0.15) is 0 Å². The summed E-state index contributed by atoms with van der Waals surface area (Å²) < 4.78 is 26.8. The van der Waals surface area contributed by atoms with Crippen molar-refractivity contribution >= 4 is 33.0 Å². The molecule has 0 radical (unpaired) electrons. The zero-order valence-corrected chi connectivity index (χ0v) is 13.5. The fourth-order valence-electron chi connectivity index (χ4n) is 1.95. The lowest BCUT2D eigenvalue weighted by molar-refractivity contribution is 0.423. The molecule has 0 aliphatic rings. The third kappa shape index (κ3) is 3.23. The summed E-state index contributed by atoms with van der Waals surface area (Å²) in [7, 11) is -3.49. The highest BCUT2D eigenvalue weighted by atomic mass is 35.5. The topological polar surface area (TPSA) is 37.4 Å². The molecule has 0 aliphatic carbocycles. The van der Waals surface area contributed by atoms with Crippen LogP contribution in [0, 0.1) is 0 Å². The van der Waals surface area contributed by atoms with E-state index in [0.29, 0.717) is 22.9 Å². The van der Waals surface area contributed by atoms with E-state index in [4.69, 9.17) is 11.6 Å². The van der Waals surface area contributed by atoms with Gasteiger partial charge in [-0.3, -0.25) is 0 Å². The van der Waals surface area contributed by atoms with E-state index in [2.05, 4.69) is 0 Å². The van der Waals surface area contributed by atoms with Gasteiger partial charge in [0.05, 0.1) is 10.8 Å². The first kappa shape index (κ1) is 15.5. The molecule has 6 heteroatoms. The Morgan fingerprint density at radius 2 is 1.90 bits per heavy atom. The Hall–Kier alpha value is -0.880. The molecule has 2 aromatic rings. The van der Waals surface area contributed by atoms with Crippen molar-refractivity contribution in [3.8, 4) is 0 Å². The van der Waals surface area contributed by atoms with Crippen molar-refractivity contribution in [1.82, 2.24) is 4.31 Å². The molecular weight excluding hydrogens is 314 g/mol. The summed E-state index contributed by atoms with van der Waals surface area (Å²) in [5, 5.41) is 1.76. The van der Waals surface area contributed by atoms with Gasteiger partial charge in [0, 0.05) is 18.0 Å².